The Bertz CT molecular complexity index is 859. The Labute approximate surface area is 141 Å². The van der Waals surface area contributed by atoms with Gasteiger partial charge in [-0.25, -0.2) is 0 Å². The number of furan rings is 1. The number of carbonyl (C=O) groups excluding carboxylic acids is 1. The summed E-state index contributed by atoms with van der Waals surface area (Å²) in [6, 6.07) is 16.1. The highest BCUT2D eigenvalue weighted by Gasteiger charge is 2.14. The Morgan fingerprint density at radius 2 is 1.71 bits per heavy atom. The van der Waals surface area contributed by atoms with Crippen LogP contribution in [0.3, 0.4) is 0 Å². The third-order valence-corrected chi connectivity index (χ3v) is 4.70. The molecule has 2 heterocycles. The average Bonchev–Trinajstić information content (AvgIpc) is 3.05. The molecule has 24 heavy (non-hydrogen) atoms. The summed E-state index contributed by atoms with van der Waals surface area (Å²) in [5.74, 6) is 0.831. The number of carbonyl (C=O) groups is 1. The van der Waals surface area contributed by atoms with E-state index < -0.39 is 0 Å². The van der Waals surface area contributed by atoms with Crippen molar-refractivity contribution in [3.05, 3.63) is 54.1 Å². The van der Waals surface area contributed by atoms with Crippen LogP contribution >= 0.6 is 0 Å². The van der Waals surface area contributed by atoms with Crippen molar-refractivity contribution in [2.75, 3.05) is 38.1 Å². The van der Waals surface area contributed by atoms with E-state index in [1.807, 2.05) is 18.2 Å². The van der Waals surface area contributed by atoms with Crippen molar-refractivity contribution < 1.29 is 9.21 Å². The number of aldehydes is 1. The first-order valence-corrected chi connectivity index (χ1v) is 8.26. The lowest BCUT2D eigenvalue weighted by atomic mass is 10.1. The van der Waals surface area contributed by atoms with Gasteiger partial charge in [0.1, 0.15) is 17.6 Å². The summed E-state index contributed by atoms with van der Waals surface area (Å²) in [6.07, 6.45) is 0.840. The Morgan fingerprint density at radius 1 is 0.958 bits per heavy atom. The van der Waals surface area contributed by atoms with Crippen LogP contribution in [0.4, 0.5) is 5.69 Å². The number of likely N-dealkylation sites (N-methyl/N-ethyl adjacent to an activating group) is 1. The van der Waals surface area contributed by atoms with Crippen LogP contribution in [0.15, 0.2) is 52.9 Å². The maximum absolute atomic E-state index is 10.9. The minimum atomic E-state index is 0.633. The summed E-state index contributed by atoms with van der Waals surface area (Å²) in [7, 11) is 2.16. The van der Waals surface area contributed by atoms with Gasteiger partial charge in [-0.05, 0) is 43.4 Å². The molecule has 0 atom stereocenters. The molecule has 3 aromatic rings. The molecule has 0 spiro atoms. The summed E-state index contributed by atoms with van der Waals surface area (Å²) in [5, 5.41) is 1.01. The summed E-state index contributed by atoms with van der Waals surface area (Å²) in [6.45, 7) is 4.33. The van der Waals surface area contributed by atoms with E-state index in [4.69, 9.17) is 4.42 Å². The molecule has 0 bridgehead atoms. The molecule has 4 rings (SSSR count). The van der Waals surface area contributed by atoms with Gasteiger partial charge < -0.3 is 14.2 Å². The first-order chi connectivity index (χ1) is 11.7. The van der Waals surface area contributed by atoms with E-state index in [-0.39, 0.29) is 0 Å². The minimum absolute atomic E-state index is 0.633. The molecule has 122 valence electrons. The molecule has 0 saturated carbocycles. The van der Waals surface area contributed by atoms with Gasteiger partial charge in [-0.15, -0.1) is 0 Å². The molecule has 1 aliphatic heterocycles. The molecule has 4 heteroatoms. The van der Waals surface area contributed by atoms with E-state index in [1.165, 1.54) is 5.69 Å². The molecule has 1 aliphatic rings. The number of piperazine rings is 1. The van der Waals surface area contributed by atoms with Crippen LogP contribution in [0, 0.1) is 0 Å². The Balaban J connectivity index is 1.59. The van der Waals surface area contributed by atoms with Crippen molar-refractivity contribution in [3.8, 4) is 11.3 Å². The van der Waals surface area contributed by atoms with E-state index in [2.05, 4.69) is 41.1 Å². The maximum Gasteiger partial charge on any atom is 0.150 e. The highest BCUT2D eigenvalue weighted by Crippen LogP contribution is 2.29. The standard InChI is InChI=1S/C20H20N2O2/c1-21-8-10-22(11-9-21)18-6-4-16(5-7-18)20-13-17-3-2-15(14-23)12-19(17)24-20/h2-7,12-14H,8-11H2,1H3. The van der Waals surface area contributed by atoms with Crippen molar-refractivity contribution in [3.63, 3.8) is 0 Å². The van der Waals surface area contributed by atoms with Crippen LogP contribution in [-0.4, -0.2) is 44.4 Å². The zero-order valence-corrected chi connectivity index (χ0v) is 13.7. The number of fused-ring (bicyclic) bond motifs is 1. The molecular formula is C20H20N2O2. The van der Waals surface area contributed by atoms with Gasteiger partial charge in [0.15, 0.2) is 0 Å². The van der Waals surface area contributed by atoms with Gasteiger partial charge in [0, 0.05) is 48.4 Å². The monoisotopic (exact) mass is 320 g/mol. The van der Waals surface area contributed by atoms with Crippen LogP contribution in [0.1, 0.15) is 10.4 Å². The molecule has 1 fully saturated rings. The molecule has 0 unspecified atom stereocenters. The smallest absolute Gasteiger partial charge is 0.150 e. The molecule has 0 radical (unpaired) electrons. The largest absolute Gasteiger partial charge is 0.456 e. The quantitative estimate of drug-likeness (QED) is 0.690. The SMILES string of the molecule is CN1CCN(c2ccc(-c3cc4ccc(C=O)cc4o3)cc2)CC1. The van der Waals surface area contributed by atoms with Gasteiger partial charge in [0.25, 0.3) is 0 Å². The van der Waals surface area contributed by atoms with Crippen LogP contribution < -0.4 is 4.90 Å². The lowest BCUT2D eigenvalue weighted by molar-refractivity contribution is 0.112. The predicted octanol–water partition coefficient (Wildman–Crippen LogP) is 3.66. The number of hydrogen-bond donors (Lipinski definition) is 0. The van der Waals surface area contributed by atoms with Gasteiger partial charge in [0.2, 0.25) is 0 Å². The van der Waals surface area contributed by atoms with Gasteiger partial charge in [-0.3, -0.25) is 4.79 Å². The zero-order chi connectivity index (χ0) is 16.5. The van der Waals surface area contributed by atoms with E-state index in [1.54, 1.807) is 6.07 Å². The van der Waals surface area contributed by atoms with Crippen molar-refractivity contribution in [2.45, 2.75) is 0 Å². The summed E-state index contributed by atoms with van der Waals surface area (Å²) in [5.41, 5.74) is 3.69. The first-order valence-electron chi connectivity index (χ1n) is 8.26. The molecule has 1 aromatic heterocycles. The molecule has 0 amide bonds. The van der Waals surface area contributed by atoms with Gasteiger partial charge in [-0.1, -0.05) is 12.1 Å². The number of nitrogens with zero attached hydrogens (tertiary/aromatic N) is 2. The van der Waals surface area contributed by atoms with E-state index in [0.29, 0.717) is 5.56 Å². The normalized spacial score (nSPS) is 15.8. The van der Waals surface area contributed by atoms with Crippen molar-refractivity contribution in [2.24, 2.45) is 0 Å². The molecular weight excluding hydrogens is 300 g/mol. The van der Waals surface area contributed by atoms with Crippen molar-refractivity contribution in [1.29, 1.82) is 0 Å². The Morgan fingerprint density at radius 3 is 2.42 bits per heavy atom. The average molecular weight is 320 g/mol. The molecule has 0 N–H and O–H groups in total. The summed E-state index contributed by atoms with van der Waals surface area (Å²) < 4.78 is 5.92. The number of hydrogen-bond acceptors (Lipinski definition) is 4. The highest BCUT2D eigenvalue weighted by molar-refractivity contribution is 5.88. The summed E-state index contributed by atoms with van der Waals surface area (Å²) in [4.78, 5) is 15.7. The third-order valence-electron chi connectivity index (χ3n) is 4.70. The third kappa shape index (κ3) is 2.81. The topological polar surface area (TPSA) is 36.7 Å². The predicted molar refractivity (Wildman–Crippen MR) is 96.7 cm³/mol. The van der Waals surface area contributed by atoms with Gasteiger partial charge in [0.05, 0.1) is 0 Å². The number of anilines is 1. The van der Waals surface area contributed by atoms with Gasteiger partial charge in [-0.2, -0.15) is 0 Å². The van der Waals surface area contributed by atoms with Crippen molar-refractivity contribution in [1.82, 2.24) is 4.90 Å². The van der Waals surface area contributed by atoms with Crippen LogP contribution in [0.2, 0.25) is 0 Å². The van der Waals surface area contributed by atoms with E-state index in [0.717, 1.165) is 54.8 Å². The molecule has 0 aliphatic carbocycles. The second kappa shape index (κ2) is 6.13. The highest BCUT2D eigenvalue weighted by atomic mass is 16.3. The van der Waals surface area contributed by atoms with Gasteiger partial charge >= 0.3 is 0 Å². The second-order valence-electron chi connectivity index (χ2n) is 6.36. The lowest BCUT2D eigenvalue weighted by Gasteiger charge is -2.34. The fourth-order valence-electron chi connectivity index (χ4n) is 3.16. The fraction of sp³-hybridized carbons (Fsp3) is 0.250. The fourth-order valence-corrected chi connectivity index (χ4v) is 3.16. The number of benzene rings is 2. The maximum atomic E-state index is 10.9. The molecule has 1 saturated heterocycles. The molecule has 4 nitrogen and oxygen atoms in total. The number of rotatable bonds is 3. The summed E-state index contributed by atoms with van der Waals surface area (Å²) >= 11 is 0. The first kappa shape index (κ1) is 15.0. The zero-order valence-electron chi connectivity index (χ0n) is 13.7. The van der Waals surface area contributed by atoms with E-state index >= 15 is 0 Å². The lowest BCUT2D eigenvalue weighted by Crippen LogP contribution is -2.44. The minimum Gasteiger partial charge on any atom is -0.456 e. The second-order valence-corrected chi connectivity index (χ2v) is 6.36. The van der Waals surface area contributed by atoms with Crippen molar-refractivity contribution >= 4 is 22.9 Å². The van der Waals surface area contributed by atoms with E-state index in [9.17, 15) is 4.79 Å². The van der Waals surface area contributed by atoms with Crippen LogP contribution in [0.25, 0.3) is 22.3 Å². The molecule has 2 aromatic carbocycles. The Hall–Kier alpha value is -2.59. The Kier molecular flexibility index (Phi) is 3.82. The van der Waals surface area contributed by atoms with Crippen LogP contribution in [-0.2, 0) is 0 Å². The van der Waals surface area contributed by atoms with Crippen LogP contribution in [0.5, 0.6) is 0 Å².